The minimum absolute atomic E-state index is 0.00157. The summed E-state index contributed by atoms with van der Waals surface area (Å²) >= 11 is 0. The molecule has 0 aromatic heterocycles. The zero-order valence-corrected chi connectivity index (χ0v) is 10.5. The van der Waals surface area contributed by atoms with E-state index in [0.717, 1.165) is 6.07 Å². The van der Waals surface area contributed by atoms with Crippen molar-refractivity contribution in [3.05, 3.63) is 69.1 Å². The SMILES string of the molecule is O=Nc1c(C(=O)O)ccc2c1C(=O)c1ccccc1C2=O. The van der Waals surface area contributed by atoms with E-state index in [1.807, 2.05) is 0 Å². The van der Waals surface area contributed by atoms with Gasteiger partial charge in [0.25, 0.3) is 0 Å². The van der Waals surface area contributed by atoms with E-state index in [1.54, 1.807) is 12.1 Å². The molecule has 0 amide bonds. The highest BCUT2D eigenvalue weighted by atomic mass is 16.4. The minimum atomic E-state index is -1.38. The Morgan fingerprint density at radius 2 is 1.52 bits per heavy atom. The second-order valence-corrected chi connectivity index (χ2v) is 4.48. The van der Waals surface area contributed by atoms with Crippen molar-refractivity contribution >= 4 is 23.2 Å². The van der Waals surface area contributed by atoms with Crippen molar-refractivity contribution in [2.45, 2.75) is 0 Å². The molecule has 0 saturated heterocycles. The molecule has 6 heteroatoms. The summed E-state index contributed by atoms with van der Waals surface area (Å²) in [5, 5.41) is 11.7. The van der Waals surface area contributed by atoms with Crippen molar-refractivity contribution in [2.75, 3.05) is 0 Å². The van der Waals surface area contributed by atoms with Crippen LogP contribution in [0.4, 0.5) is 5.69 Å². The van der Waals surface area contributed by atoms with Gasteiger partial charge in [-0.2, -0.15) is 0 Å². The number of benzene rings is 2. The van der Waals surface area contributed by atoms with Crippen LogP contribution >= 0.6 is 0 Å². The second kappa shape index (κ2) is 4.45. The monoisotopic (exact) mass is 281 g/mol. The number of carbonyl (C=O) groups excluding carboxylic acids is 2. The maximum Gasteiger partial charge on any atom is 0.338 e. The molecule has 21 heavy (non-hydrogen) atoms. The molecule has 0 unspecified atom stereocenters. The third kappa shape index (κ3) is 1.69. The predicted molar refractivity (Wildman–Crippen MR) is 72.2 cm³/mol. The highest BCUT2D eigenvalue weighted by Gasteiger charge is 2.34. The highest BCUT2D eigenvalue weighted by molar-refractivity contribution is 6.30. The van der Waals surface area contributed by atoms with Gasteiger partial charge in [-0.15, -0.1) is 4.91 Å². The Labute approximate surface area is 118 Å². The summed E-state index contributed by atoms with van der Waals surface area (Å²) in [6, 6.07) is 8.53. The first kappa shape index (κ1) is 12.9. The topological polar surface area (TPSA) is 101 Å². The van der Waals surface area contributed by atoms with Gasteiger partial charge in [0.05, 0.1) is 11.1 Å². The van der Waals surface area contributed by atoms with Crippen molar-refractivity contribution < 1.29 is 19.5 Å². The lowest BCUT2D eigenvalue weighted by molar-refractivity contribution is 0.0697. The molecule has 0 bridgehead atoms. The van der Waals surface area contributed by atoms with Crippen molar-refractivity contribution in [3.63, 3.8) is 0 Å². The largest absolute Gasteiger partial charge is 0.478 e. The van der Waals surface area contributed by atoms with E-state index in [1.165, 1.54) is 18.2 Å². The number of carboxylic acids is 1. The molecule has 2 aromatic rings. The number of rotatable bonds is 2. The number of aromatic carboxylic acids is 1. The van der Waals surface area contributed by atoms with E-state index < -0.39 is 28.8 Å². The molecule has 1 aliphatic rings. The van der Waals surface area contributed by atoms with Crippen LogP contribution in [-0.4, -0.2) is 22.6 Å². The predicted octanol–water partition coefficient (Wildman–Crippen LogP) is 2.56. The summed E-state index contributed by atoms with van der Waals surface area (Å²) in [5.74, 6) is -2.38. The summed E-state index contributed by atoms with van der Waals surface area (Å²) < 4.78 is 0. The fourth-order valence-corrected chi connectivity index (χ4v) is 2.44. The van der Waals surface area contributed by atoms with Crippen LogP contribution in [0.1, 0.15) is 42.2 Å². The van der Waals surface area contributed by atoms with Gasteiger partial charge in [-0.05, 0) is 17.3 Å². The highest BCUT2D eigenvalue weighted by Crippen LogP contribution is 2.35. The molecule has 6 nitrogen and oxygen atoms in total. The van der Waals surface area contributed by atoms with Crippen LogP contribution in [0, 0.1) is 4.91 Å². The van der Waals surface area contributed by atoms with Crippen LogP contribution in [0.25, 0.3) is 0 Å². The van der Waals surface area contributed by atoms with Crippen molar-refractivity contribution in [1.82, 2.24) is 0 Å². The van der Waals surface area contributed by atoms with Crippen LogP contribution in [0.2, 0.25) is 0 Å². The van der Waals surface area contributed by atoms with Crippen LogP contribution in [0.3, 0.4) is 0 Å². The molecule has 3 rings (SSSR count). The van der Waals surface area contributed by atoms with Crippen molar-refractivity contribution in [1.29, 1.82) is 0 Å². The van der Waals surface area contributed by atoms with Gasteiger partial charge in [0.15, 0.2) is 11.6 Å². The summed E-state index contributed by atoms with van der Waals surface area (Å²) in [4.78, 5) is 46.9. The molecule has 102 valence electrons. The molecular weight excluding hydrogens is 274 g/mol. The van der Waals surface area contributed by atoms with E-state index in [4.69, 9.17) is 5.11 Å². The third-order valence-electron chi connectivity index (χ3n) is 3.39. The molecule has 1 N–H and O–H groups in total. The first-order chi connectivity index (χ1) is 10.1. The minimum Gasteiger partial charge on any atom is -0.478 e. The average Bonchev–Trinajstić information content (AvgIpc) is 2.51. The van der Waals surface area contributed by atoms with Crippen molar-refractivity contribution in [3.8, 4) is 0 Å². The lowest BCUT2D eigenvalue weighted by Gasteiger charge is -2.18. The summed E-state index contributed by atoms with van der Waals surface area (Å²) in [6.45, 7) is 0. The van der Waals surface area contributed by atoms with Gasteiger partial charge in [-0.3, -0.25) is 9.59 Å². The summed E-state index contributed by atoms with van der Waals surface area (Å²) in [7, 11) is 0. The number of hydrogen-bond donors (Lipinski definition) is 1. The van der Waals surface area contributed by atoms with Crippen molar-refractivity contribution in [2.24, 2.45) is 5.18 Å². The van der Waals surface area contributed by atoms with E-state index in [-0.39, 0.29) is 22.3 Å². The Morgan fingerprint density at radius 3 is 2.10 bits per heavy atom. The van der Waals surface area contributed by atoms with Gasteiger partial charge in [-0.25, -0.2) is 4.79 Å². The number of ketones is 2. The Balaban J connectivity index is 2.38. The average molecular weight is 281 g/mol. The fraction of sp³-hybridized carbons (Fsp3) is 0. The molecule has 0 spiro atoms. The van der Waals surface area contributed by atoms with Crippen LogP contribution in [0.15, 0.2) is 41.6 Å². The van der Waals surface area contributed by atoms with Gasteiger partial charge < -0.3 is 5.11 Å². The maximum atomic E-state index is 12.5. The Hall–Kier alpha value is -3.15. The lowest BCUT2D eigenvalue weighted by Crippen LogP contribution is -2.21. The van der Waals surface area contributed by atoms with Gasteiger partial charge in [0.1, 0.15) is 5.69 Å². The second-order valence-electron chi connectivity index (χ2n) is 4.48. The first-order valence-electron chi connectivity index (χ1n) is 5.98. The first-order valence-corrected chi connectivity index (χ1v) is 5.98. The normalized spacial score (nSPS) is 12.6. The quantitative estimate of drug-likeness (QED) is 0.727. The Morgan fingerprint density at radius 1 is 0.905 bits per heavy atom. The van der Waals surface area contributed by atoms with Crippen LogP contribution in [-0.2, 0) is 0 Å². The molecule has 0 aliphatic heterocycles. The third-order valence-corrected chi connectivity index (χ3v) is 3.39. The zero-order valence-electron chi connectivity index (χ0n) is 10.5. The molecule has 0 heterocycles. The zero-order chi connectivity index (χ0) is 15.1. The van der Waals surface area contributed by atoms with Gasteiger partial charge in [-0.1, -0.05) is 24.3 Å². The molecule has 0 saturated carbocycles. The number of carboxylic acid groups (broad SMARTS) is 1. The number of nitroso groups, excluding NO2 is 1. The fourth-order valence-electron chi connectivity index (χ4n) is 2.44. The Bertz CT molecular complexity index is 838. The standard InChI is InChI=1S/C15H7NO5/c17-13-7-3-1-2-4-8(7)14(18)11-9(13)5-6-10(15(19)20)12(11)16-21/h1-6H,(H,19,20). The van der Waals surface area contributed by atoms with E-state index >= 15 is 0 Å². The van der Waals surface area contributed by atoms with Crippen LogP contribution < -0.4 is 0 Å². The molecule has 0 atom stereocenters. The smallest absolute Gasteiger partial charge is 0.338 e. The number of nitrogens with zero attached hydrogens (tertiary/aromatic N) is 1. The summed E-state index contributed by atoms with van der Waals surface area (Å²) in [6.07, 6.45) is 0. The maximum absolute atomic E-state index is 12.5. The van der Waals surface area contributed by atoms with Gasteiger partial charge in [0, 0.05) is 16.7 Å². The van der Waals surface area contributed by atoms with E-state index in [9.17, 15) is 19.3 Å². The van der Waals surface area contributed by atoms with Gasteiger partial charge >= 0.3 is 5.97 Å². The Kier molecular flexibility index (Phi) is 2.72. The van der Waals surface area contributed by atoms with Gasteiger partial charge in [0.2, 0.25) is 0 Å². The molecule has 1 aliphatic carbocycles. The van der Waals surface area contributed by atoms with E-state index in [0.29, 0.717) is 0 Å². The number of carbonyl (C=O) groups is 3. The molecule has 0 radical (unpaired) electrons. The number of hydrogen-bond acceptors (Lipinski definition) is 5. The van der Waals surface area contributed by atoms with Crippen LogP contribution in [0.5, 0.6) is 0 Å². The van der Waals surface area contributed by atoms with E-state index in [2.05, 4.69) is 5.18 Å². The molecule has 2 aromatic carbocycles. The number of fused-ring (bicyclic) bond motifs is 2. The molecule has 0 fully saturated rings. The summed E-state index contributed by atoms with van der Waals surface area (Å²) in [5.41, 5.74) is -0.776. The lowest BCUT2D eigenvalue weighted by atomic mass is 9.82. The molecular formula is C15H7NO5.